The zero-order valence-corrected chi connectivity index (χ0v) is 15.4. The molecule has 0 aromatic heterocycles. The number of hydrogen-bond donors (Lipinski definition) is 1. The number of rotatable bonds is 10. The zero-order chi connectivity index (χ0) is 17.9. The first-order valence-corrected chi connectivity index (χ1v) is 9.81. The first kappa shape index (κ1) is 19.7. The summed E-state index contributed by atoms with van der Waals surface area (Å²) in [4.78, 5) is 10.9. The van der Waals surface area contributed by atoms with Gasteiger partial charge in [0.2, 0.25) is 0 Å². The Hall–Kier alpha value is -1.61. The molecule has 1 aliphatic rings. The molecule has 1 aromatic carbocycles. The Bertz CT molecular complexity index is 515. The van der Waals surface area contributed by atoms with Crippen LogP contribution in [0, 0.1) is 5.92 Å². The third-order valence-electron chi connectivity index (χ3n) is 5.40. The molecule has 25 heavy (non-hydrogen) atoms. The maximum Gasteiger partial charge on any atom is 0.330 e. The lowest BCUT2D eigenvalue weighted by Gasteiger charge is -2.28. The molecular weight excluding hydrogens is 310 g/mol. The highest BCUT2D eigenvalue weighted by atomic mass is 16.5. The molecule has 0 spiro atoms. The fourth-order valence-corrected chi connectivity index (χ4v) is 3.70. The normalized spacial score (nSPS) is 20.2. The highest BCUT2D eigenvalue weighted by Gasteiger charge is 2.21. The van der Waals surface area contributed by atoms with Gasteiger partial charge in [-0.05, 0) is 74.5 Å². The first-order chi connectivity index (χ1) is 12.2. The molecule has 2 N–H and O–H groups in total. The molecule has 1 fully saturated rings. The summed E-state index contributed by atoms with van der Waals surface area (Å²) in [5.41, 5.74) is 8.72. The van der Waals surface area contributed by atoms with Crippen LogP contribution in [-0.2, 0) is 16.0 Å². The lowest BCUT2D eigenvalue weighted by atomic mass is 9.78. The van der Waals surface area contributed by atoms with Crippen LogP contribution in [0.1, 0.15) is 68.4 Å². The smallest absolute Gasteiger partial charge is 0.330 e. The third kappa shape index (κ3) is 7.03. The van der Waals surface area contributed by atoms with E-state index in [9.17, 15) is 4.79 Å². The van der Waals surface area contributed by atoms with E-state index in [4.69, 9.17) is 10.5 Å². The van der Waals surface area contributed by atoms with E-state index in [2.05, 4.69) is 30.8 Å². The number of carbonyl (C=O) groups is 1. The molecule has 0 bridgehead atoms. The molecule has 0 unspecified atom stereocenters. The molecule has 0 atom stereocenters. The molecule has 2 rings (SSSR count). The highest BCUT2D eigenvalue weighted by Crippen LogP contribution is 2.35. The summed E-state index contributed by atoms with van der Waals surface area (Å²) < 4.78 is 4.98. The third-order valence-corrected chi connectivity index (χ3v) is 5.40. The van der Waals surface area contributed by atoms with Crippen molar-refractivity contribution in [2.24, 2.45) is 11.7 Å². The molecule has 1 aliphatic carbocycles. The number of ether oxygens (including phenoxy) is 1. The number of benzene rings is 1. The summed E-state index contributed by atoms with van der Waals surface area (Å²) in [6.45, 7) is 4.74. The van der Waals surface area contributed by atoms with Crippen molar-refractivity contribution in [3.63, 3.8) is 0 Å². The maximum atomic E-state index is 10.9. The molecule has 1 aromatic rings. The van der Waals surface area contributed by atoms with Crippen molar-refractivity contribution in [2.45, 2.75) is 63.7 Å². The van der Waals surface area contributed by atoms with Crippen molar-refractivity contribution in [2.75, 3.05) is 13.2 Å². The Labute approximate surface area is 152 Å². The van der Waals surface area contributed by atoms with Crippen LogP contribution in [0.15, 0.2) is 36.9 Å². The molecule has 0 radical (unpaired) electrons. The highest BCUT2D eigenvalue weighted by molar-refractivity contribution is 5.81. The van der Waals surface area contributed by atoms with Crippen LogP contribution in [0.3, 0.4) is 0 Å². The van der Waals surface area contributed by atoms with Gasteiger partial charge in [0, 0.05) is 6.08 Å². The number of hydrogen-bond acceptors (Lipinski definition) is 3. The molecule has 138 valence electrons. The Morgan fingerprint density at radius 1 is 1.08 bits per heavy atom. The summed E-state index contributed by atoms with van der Waals surface area (Å²) in [6.07, 6.45) is 11.9. The van der Waals surface area contributed by atoms with E-state index in [1.165, 1.54) is 55.7 Å². The summed E-state index contributed by atoms with van der Waals surface area (Å²) in [5.74, 6) is 1.16. The van der Waals surface area contributed by atoms with Gasteiger partial charge in [0.05, 0.1) is 6.61 Å². The predicted molar refractivity (Wildman–Crippen MR) is 104 cm³/mol. The minimum atomic E-state index is -0.323. The number of unbranched alkanes of at least 4 members (excludes halogenated alkanes) is 3. The molecule has 0 heterocycles. The van der Waals surface area contributed by atoms with Crippen molar-refractivity contribution >= 4 is 5.97 Å². The fraction of sp³-hybridized carbons (Fsp3) is 0.591. The van der Waals surface area contributed by atoms with Crippen molar-refractivity contribution in [3.8, 4) is 0 Å². The minimum Gasteiger partial charge on any atom is -0.463 e. The summed E-state index contributed by atoms with van der Waals surface area (Å²) >= 11 is 0. The maximum absolute atomic E-state index is 10.9. The summed E-state index contributed by atoms with van der Waals surface area (Å²) in [7, 11) is 0. The van der Waals surface area contributed by atoms with E-state index in [1.807, 2.05) is 0 Å². The second-order valence-electron chi connectivity index (χ2n) is 7.23. The van der Waals surface area contributed by atoms with Gasteiger partial charge in [-0.3, -0.25) is 0 Å². The van der Waals surface area contributed by atoms with Gasteiger partial charge in [0.1, 0.15) is 0 Å². The Morgan fingerprint density at radius 2 is 1.76 bits per heavy atom. The molecule has 0 aliphatic heterocycles. The number of carbonyl (C=O) groups excluding carboxylic acids is 1. The number of aryl methyl sites for hydroxylation is 1. The van der Waals surface area contributed by atoms with Gasteiger partial charge in [-0.2, -0.15) is 0 Å². The van der Waals surface area contributed by atoms with Gasteiger partial charge in [-0.15, -0.1) is 0 Å². The lowest BCUT2D eigenvalue weighted by molar-refractivity contribution is -0.137. The van der Waals surface area contributed by atoms with E-state index < -0.39 is 0 Å². The number of esters is 1. The van der Waals surface area contributed by atoms with Crippen LogP contribution in [-0.4, -0.2) is 19.1 Å². The van der Waals surface area contributed by atoms with Crippen LogP contribution in [0.2, 0.25) is 0 Å². The zero-order valence-electron chi connectivity index (χ0n) is 15.4. The topological polar surface area (TPSA) is 52.3 Å². The quantitative estimate of drug-likeness (QED) is 0.379. The van der Waals surface area contributed by atoms with Crippen molar-refractivity contribution in [1.29, 1.82) is 0 Å². The monoisotopic (exact) mass is 343 g/mol. The number of nitrogens with two attached hydrogens (primary N) is 1. The van der Waals surface area contributed by atoms with E-state index in [-0.39, 0.29) is 5.97 Å². The standard InChI is InChI=1S/C22H33NO2/c1-2-22(24)25-16-6-4-3-5-7-18-8-12-20(13-9-18)21-14-10-19(17-23)11-15-21/h2,8-9,12-13,19,21H,1,3-7,10-11,14-17,23H2. The summed E-state index contributed by atoms with van der Waals surface area (Å²) in [5, 5.41) is 0. The van der Waals surface area contributed by atoms with Crippen molar-refractivity contribution < 1.29 is 9.53 Å². The first-order valence-electron chi connectivity index (χ1n) is 9.81. The van der Waals surface area contributed by atoms with E-state index in [0.29, 0.717) is 6.61 Å². The van der Waals surface area contributed by atoms with E-state index in [0.717, 1.165) is 37.6 Å². The lowest BCUT2D eigenvalue weighted by Crippen LogP contribution is -2.20. The molecule has 3 heteroatoms. The van der Waals surface area contributed by atoms with Crippen LogP contribution in [0.4, 0.5) is 0 Å². The van der Waals surface area contributed by atoms with E-state index in [1.54, 1.807) is 0 Å². The van der Waals surface area contributed by atoms with E-state index >= 15 is 0 Å². The van der Waals surface area contributed by atoms with Gasteiger partial charge in [0.15, 0.2) is 0 Å². The molecule has 1 saturated carbocycles. The van der Waals surface area contributed by atoms with Gasteiger partial charge in [-0.25, -0.2) is 4.79 Å². The van der Waals surface area contributed by atoms with Gasteiger partial charge < -0.3 is 10.5 Å². The summed E-state index contributed by atoms with van der Waals surface area (Å²) in [6, 6.07) is 9.27. The fourth-order valence-electron chi connectivity index (χ4n) is 3.70. The molecule has 0 amide bonds. The van der Waals surface area contributed by atoms with Crippen molar-refractivity contribution in [1.82, 2.24) is 0 Å². The van der Waals surface area contributed by atoms with Gasteiger partial charge >= 0.3 is 5.97 Å². The molecule has 3 nitrogen and oxygen atoms in total. The minimum absolute atomic E-state index is 0.323. The van der Waals surface area contributed by atoms with Crippen molar-refractivity contribution in [3.05, 3.63) is 48.0 Å². The molecular formula is C22H33NO2. The van der Waals surface area contributed by atoms with Crippen LogP contribution < -0.4 is 5.73 Å². The van der Waals surface area contributed by atoms with Crippen LogP contribution in [0.25, 0.3) is 0 Å². The second kappa shape index (κ2) is 11.1. The largest absolute Gasteiger partial charge is 0.463 e. The Balaban J connectivity index is 1.61. The SMILES string of the molecule is C=CC(=O)OCCCCCCc1ccc(C2CCC(CN)CC2)cc1. The Morgan fingerprint density at radius 3 is 2.40 bits per heavy atom. The van der Waals surface area contributed by atoms with Crippen LogP contribution in [0.5, 0.6) is 0 Å². The second-order valence-corrected chi connectivity index (χ2v) is 7.23. The Kier molecular flexibility index (Phi) is 8.75. The van der Waals surface area contributed by atoms with Crippen LogP contribution >= 0.6 is 0 Å². The predicted octanol–water partition coefficient (Wildman–Crippen LogP) is 4.75. The van der Waals surface area contributed by atoms with Gasteiger partial charge in [0.25, 0.3) is 0 Å². The average molecular weight is 344 g/mol. The van der Waals surface area contributed by atoms with Gasteiger partial charge in [-0.1, -0.05) is 43.7 Å². The molecule has 0 saturated heterocycles. The average Bonchev–Trinajstić information content (AvgIpc) is 2.67.